The molecule has 2 aromatic carbocycles. The summed E-state index contributed by atoms with van der Waals surface area (Å²) >= 11 is 11.1. The van der Waals surface area contributed by atoms with E-state index in [1.54, 1.807) is 6.20 Å². The summed E-state index contributed by atoms with van der Waals surface area (Å²) in [6, 6.07) is 17.4. The van der Waals surface area contributed by atoms with Gasteiger partial charge in [0.25, 0.3) is 0 Å². The van der Waals surface area contributed by atoms with Crippen molar-refractivity contribution in [2.75, 3.05) is 5.32 Å². The van der Waals surface area contributed by atoms with Crippen LogP contribution in [0.5, 0.6) is 0 Å². The summed E-state index contributed by atoms with van der Waals surface area (Å²) < 4.78 is 1.05. The van der Waals surface area contributed by atoms with Gasteiger partial charge in [0.1, 0.15) is 5.38 Å². The summed E-state index contributed by atoms with van der Waals surface area (Å²) in [6.45, 7) is 0. The number of hydrogen-bond donors (Lipinski definition) is 1. The average molecular weight is 422 g/mol. The second kappa shape index (κ2) is 7.92. The van der Waals surface area contributed by atoms with Crippen LogP contribution in [-0.2, 0) is 11.2 Å². The molecule has 0 spiro atoms. The number of halogens is 2. The molecule has 0 saturated heterocycles. The normalized spacial score (nSPS) is 11.9. The van der Waals surface area contributed by atoms with E-state index in [1.165, 1.54) is 16.9 Å². The van der Waals surface area contributed by atoms with Crippen molar-refractivity contribution in [2.45, 2.75) is 11.8 Å². The van der Waals surface area contributed by atoms with Crippen molar-refractivity contribution in [3.05, 3.63) is 81.3 Å². The largest absolute Gasteiger partial charge is 0.300 e. The molecular formula is C18H14BrClN2OS. The van der Waals surface area contributed by atoms with Gasteiger partial charge in [-0.05, 0) is 23.3 Å². The maximum absolute atomic E-state index is 12.2. The third-order valence-corrected chi connectivity index (χ3v) is 5.29. The summed E-state index contributed by atoms with van der Waals surface area (Å²) in [4.78, 5) is 17.6. The number of carbonyl (C=O) groups is 1. The van der Waals surface area contributed by atoms with Crippen LogP contribution in [0.25, 0.3) is 0 Å². The molecule has 0 radical (unpaired) electrons. The zero-order valence-corrected chi connectivity index (χ0v) is 15.7. The molecule has 6 heteroatoms. The van der Waals surface area contributed by atoms with Gasteiger partial charge in [0.05, 0.1) is 0 Å². The lowest BCUT2D eigenvalue weighted by molar-refractivity contribution is -0.116. The van der Waals surface area contributed by atoms with E-state index in [0.29, 0.717) is 5.13 Å². The van der Waals surface area contributed by atoms with E-state index < -0.39 is 5.38 Å². The minimum absolute atomic E-state index is 0.271. The van der Waals surface area contributed by atoms with Gasteiger partial charge in [0.2, 0.25) is 5.91 Å². The molecule has 1 unspecified atom stereocenters. The Kier molecular flexibility index (Phi) is 5.66. The minimum atomic E-state index is -0.731. The first kappa shape index (κ1) is 17.1. The minimum Gasteiger partial charge on any atom is -0.300 e. The first-order valence-electron chi connectivity index (χ1n) is 7.31. The Balaban J connectivity index is 1.63. The van der Waals surface area contributed by atoms with Crippen LogP contribution < -0.4 is 5.32 Å². The van der Waals surface area contributed by atoms with Crippen molar-refractivity contribution in [2.24, 2.45) is 0 Å². The predicted molar refractivity (Wildman–Crippen MR) is 103 cm³/mol. The van der Waals surface area contributed by atoms with Crippen LogP contribution in [0, 0.1) is 0 Å². The molecule has 0 bridgehead atoms. The first-order chi connectivity index (χ1) is 11.6. The fourth-order valence-corrected chi connectivity index (χ4v) is 3.51. The number of benzene rings is 2. The van der Waals surface area contributed by atoms with Crippen molar-refractivity contribution in [3.8, 4) is 0 Å². The van der Waals surface area contributed by atoms with E-state index >= 15 is 0 Å². The van der Waals surface area contributed by atoms with Crippen LogP contribution in [0.1, 0.15) is 21.4 Å². The van der Waals surface area contributed by atoms with Crippen molar-refractivity contribution in [3.63, 3.8) is 0 Å². The number of carbonyl (C=O) groups excluding carboxylic acids is 1. The third-order valence-electron chi connectivity index (χ3n) is 3.40. The number of hydrogen-bond acceptors (Lipinski definition) is 3. The molecule has 0 aliphatic carbocycles. The number of alkyl halides is 1. The van der Waals surface area contributed by atoms with Crippen LogP contribution >= 0.6 is 38.9 Å². The fourth-order valence-electron chi connectivity index (χ4n) is 2.19. The molecule has 122 valence electrons. The smallest absolute Gasteiger partial charge is 0.248 e. The lowest BCUT2D eigenvalue weighted by atomic mass is 10.1. The molecule has 1 heterocycles. The highest BCUT2D eigenvalue weighted by molar-refractivity contribution is 9.10. The number of aromatic nitrogens is 1. The highest BCUT2D eigenvalue weighted by Gasteiger charge is 2.18. The fraction of sp³-hybridized carbons (Fsp3) is 0.111. The summed E-state index contributed by atoms with van der Waals surface area (Å²) in [7, 11) is 0. The zero-order chi connectivity index (χ0) is 16.9. The summed E-state index contributed by atoms with van der Waals surface area (Å²) in [5.74, 6) is -0.271. The zero-order valence-electron chi connectivity index (χ0n) is 12.6. The van der Waals surface area contributed by atoms with Crippen LogP contribution in [-0.4, -0.2) is 10.9 Å². The Labute approximate surface area is 157 Å². The summed E-state index contributed by atoms with van der Waals surface area (Å²) in [5.41, 5.74) is 1.96. The Hall–Kier alpha value is -1.69. The number of amides is 1. The summed E-state index contributed by atoms with van der Waals surface area (Å²) in [6.07, 6.45) is 2.57. The second-order valence-corrected chi connectivity index (χ2v) is 7.66. The molecule has 1 aromatic heterocycles. The quantitative estimate of drug-likeness (QED) is 0.559. The molecule has 0 fully saturated rings. The van der Waals surface area contributed by atoms with E-state index in [0.717, 1.165) is 21.3 Å². The van der Waals surface area contributed by atoms with Gasteiger partial charge in [0, 0.05) is 22.0 Å². The molecular weight excluding hydrogens is 408 g/mol. The molecule has 1 N–H and O–H groups in total. The van der Waals surface area contributed by atoms with Gasteiger partial charge in [0.15, 0.2) is 5.13 Å². The van der Waals surface area contributed by atoms with Gasteiger partial charge in [-0.3, -0.25) is 4.79 Å². The standard InChI is InChI=1S/C18H14BrClN2OS/c19-14-8-6-12(7-9-14)10-15-11-21-18(24-15)22-17(23)16(20)13-4-2-1-3-5-13/h1-9,11,16H,10H2,(H,21,22,23). The topological polar surface area (TPSA) is 42.0 Å². The van der Waals surface area contributed by atoms with Crippen LogP contribution in [0.3, 0.4) is 0 Å². The second-order valence-electron chi connectivity index (χ2n) is 5.20. The molecule has 24 heavy (non-hydrogen) atoms. The number of nitrogens with one attached hydrogen (secondary N) is 1. The maximum Gasteiger partial charge on any atom is 0.248 e. The molecule has 0 aliphatic rings. The van der Waals surface area contributed by atoms with Crippen LogP contribution in [0.2, 0.25) is 0 Å². The van der Waals surface area contributed by atoms with Gasteiger partial charge in [-0.1, -0.05) is 58.4 Å². The molecule has 3 rings (SSSR count). The highest BCUT2D eigenvalue weighted by atomic mass is 79.9. The van der Waals surface area contributed by atoms with Crippen molar-refractivity contribution >= 4 is 49.9 Å². The first-order valence-corrected chi connectivity index (χ1v) is 9.35. The van der Waals surface area contributed by atoms with Crippen LogP contribution in [0.4, 0.5) is 5.13 Å². The lowest BCUT2D eigenvalue weighted by Crippen LogP contribution is -2.17. The molecule has 3 aromatic rings. The van der Waals surface area contributed by atoms with Crippen LogP contribution in [0.15, 0.2) is 65.3 Å². The van der Waals surface area contributed by atoms with E-state index in [4.69, 9.17) is 11.6 Å². The Morgan fingerprint density at radius 2 is 1.88 bits per heavy atom. The van der Waals surface area contributed by atoms with Gasteiger partial charge < -0.3 is 5.32 Å². The molecule has 1 atom stereocenters. The van der Waals surface area contributed by atoms with Gasteiger partial charge in [-0.15, -0.1) is 22.9 Å². The molecule has 3 nitrogen and oxygen atoms in total. The van der Waals surface area contributed by atoms with E-state index in [-0.39, 0.29) is 5.91 Å². The molecule has 0 aliphatic heterocycles. The summed E-state index contributed by atoms with van der Waals surface area (Å²) in [5, 5.41) is 2.62. The number of anilines is 1. The van der Waals surface area contributed by atoms with E-state index in [9.17, 15) is 4.79 Å². The Bertz CT molecular complexity index is 821. The van der Waals surface area contributed by atoms with Gasteiger partial charge in [-0.25, -0.2) is 4.98 Å². The Morgan fingerprint density at radius 3 is 2.58 bits per heavy atom. The monoisotopic (exact) mass is 420 g/mol. The maximum atomic E-state index is 12.2. The van der Waals surface area contributed by atoms with E-state index in [2.05, 4.69) is 38.4 Å². The van der Waals surface area contributed by atoms with Crippen molar-refractivity contribution in [1.29, 1.82) is 0 Å². The Morgan fingerprint density at radius 1 is 1.17 bits per heavy atom. The van der Waals surface area contributed by atoms with E-state index in [1.807, 2.05) is 42.5 Å². The number of nitrogens with zero attached hydrogens (tertiary/aromatic N) is 1. The van der Waals surface area contributed by atoms with Crippen molar-refractivity contribution in [1.82, 2.24) is 4.98 Å². The molecule has 0 saturated carbocycles. The highest BCUT2D eigenvalue weighted by Crippen LogP contribution is 2.25. The average Bonchev–Trinajstić information content (AvgIpc) is 3.04. The van der Waals surface area contributed by atoms with Crippen molar-refractivity contribution < 1.29 is 4.79 Å². The lowest BCUT2D eigenvalue weighted by Gasteiger charge is -2.08. The van der Waals surface area contributed by atoms with Gasteiger partial charge >= 0.3 is 0 Å². The van der Waals surface area contributed by atoms with Gasteiger partial charge in [-0.2, -0.15) is 0 Å². The number of thiazole rings is 1. The third kappa shape index (κ3) is 4.44. The molecule has 1 amide bonds. The predicted octanol–water partition coefficient (Wildman–Crippen LogP) is 5.42. The SMILES string of the molecule is O=C(Nc1ncc(Cc2ccc(Br)cc2)s1)C(Cl)c1ccccc1. The number of rotatable bonds is 5.